The van der Waals surface area contributed by atoms with Gasteiger partial charge in [0.2, 0.25) is 5.54 Å². The van der Waals surface area contributed by atoms with Gasteiger partial charge in [-0.1, -0.05) is 19.9 Å². The van der Waals surface area contributed by atoms with Crippen LogP contribution in [0.1, 0.15) is 49.9 Å². The summed E-state index contributed by atoms with van der Waals surface area (Å²) in [4.78, 5) is 40.8. The molecule has 1 aliphatic carbocycles. The van der Waals surface area contributed by atoms with Gasteiger partial charge in [0.15, 0.2) is 5.78 Å². The second kappa shape index (κ2) is 8.41. The minimum Gasteiger partial charge on any atom is -0.497 e. The van der Waals surface area contributed by atoms with Crippen LogP contribution in [0.4, 0.5) is 13.2 Å². The van der Waals surface area contributed by atoms with Crippen LogP contribution in [0, 0.1) is 5.41 Å². The van der Waals surface area contributed by atoms with E-state index in [2.05, 4.69) is 0 Å². The lowest BCUT2D eigenvalue weighted by Crippen LogP contribution is -2.66. The highest BCUT2D eigenvalue weighted by molar-refractivity contribution is 6.14. The molecule has 1 aromatic rings. The summed E-state index contributed by atoms with van der Waals surface area (Å²) in [6, 6.07) is 5.57. The smallest absolute Gasteiger partial charge is 0.425 e. The van der Waals surface area contributed by atoms with Crippen LogP contribution in [-0.2, 0) is 14.3 Å². The van der Waals surface area contributed by atoms with Crippen molar-refractivity contribution in [1.82, 2.24) is 10.2 Å². The fourth-order valence-electron chi connectivity index (χ4n) is 5.02. The second-order valence-corrected chi connectivity index (χ2v) is 9.75. The van der Waals surface area contributed by atoms with Crippen molar-refractivity contribution in [3.05, 3.63) is 41.1 Å². The van der Waals surface area contributed by atoms with Gasteiger partial charge in [-0.2, -0.15) is 13.2 Å². The van der Waals surface area contributed by atoms with Crippen molar-refractivity contribution in [1.29, 1.82) is 0 Å². The molecule has 2 atom stereocenters. The number of alkyl halides is 3. The molecule has 3 aliphatic rings. The number of carbonyl (C=O) groups excluding carboxylic acids is 3. The fraction of sp³-hybridized carbons (Fsp3) is 0.542. The zero-order valence-electron chi connectivity index (χ0n) is 19.3. The average molecular weight is 480 g/mol. The molecule has 2 heterocycles. The van der Waals surface area contributed by atoms with Gasteiger partial charge in [-0.25, -0.2) is 0 Å². The lowest BCUT2D eigenvalue weighted by Gasteiger charge is -2.35. The molecule has 0 aromatic heterocycles. The van der Waals surface area contributed by atoms with E-state index in [1.807, 2.05) is 5.32 Å². The first kappa shape index (κ1) is 24.3. The monoisotopic (exact) mass is 480 g/mol. The molecular formula is C24H27F3N2O5. The van der Waals surface area contributed by atoms with Gasteiger partial charge in [-0.3, -0.25) is 14.4 Å². The number of Topliss-reactive ketones (excluding diaryl/α,β-unsaturated/α-hetero) is 1. The van der Waals surface area contributed by atoms with Gasteiger partial charge in [-0.05, 0) is 42.9 Å². The first-order valence-electron chi connectivity index (χ1n) is 11.1. The summed E-state index contributed by atoms with van der Waals surface area (Å²) in [5.41, 5.74) is -4.89. The number of nitrogens with zero attached hydrogens (tertiary/aromatic N) is 1. The van der Waals surface area contributed by atoms with Crippen molar-refractivity contribution >= 4 is 17.6 Å². The molecule has 10 heteroatoms. The number of nitrogens with one attached hydrogen (secondary N) is 1. The Labute approximate surface area is 195 Å². The van der Waals surface area contributed by atoms with Gasteiger partial charge in [0.05, 0.1) is 25.3 Å². The van der Waals surface area contributed by atoms with Gasteiger partial charge in [-0.15, -0.1) is 0 Å². The van der Waals surface area contributed by atoms with E-state index in [0.29, 0.717) is 13.0 Å². The number of amides is 2. The predicted molar refractivity (Wildman–Crippen MR) is 115 cm³/mol. The highest BCUT2D eigenvalue weighted by Crippen LogP contribution is 2.52. The van der Waals surface area contributed by atoms with Crippen molar-refractivity contribution in [3.63, 3.8) is 0 Å². The Morgan fingerprint density at radius 1 is 1.26 bits per heavy atom. The highest BCUT2D eigenvalue weighted by atomic mass is 19.4. The predicted octanol–water partition coefficient (Wildman–Crippen LogP) is 3.39. The number of ketones is 1. The molecule has 0 radical (unpaired) electrons. The Morgan fingerprint density at radius 3 is 2.62 bits per heavy atom. The van der Waals surface area contributed by atoms with Crippen molar-refractivity contribution in [2.24, 2.45) is 5.41 Å². The summed E-state index contributed by atoms with van der Waals surface area (Å²) >= 11 is 0. The molecule has 1 fully saturated rings. The maximum Gasteiger partial charge on any atom is 0.425 e. The second-order valence-electron chi connectivity index (χ2n) is 9.75. The molecule has 184 valence electrons. The number of methoxy groups -OCH3 is 1. The molecule has 1 N–H and O–H groups in total. The van der Waals surface area contributed by atoms with Gasteiger partial charge in [0.25, 0.3) is 11.8 Å². The number of halogens is 3. The van der Waals surface area contributed by atoms with Gasteiger partial charge in [0, 0.05) is 24.3 Å². The van der Waals surface area contributed by atoms with Crippen LogP contribution in [0.15, 0.2) is 35.5 Å². The molecule has 7 nitrogen and oxygen atoms in total. The van der Waals surface area contributed by atoms with E-state index in [1.165, 1.54) is 31.4 Å². The largest absolute Gasteiger partial charge is 0.497 e. The van der Waals surface area contributed by atoms with Crippen molar-refractivity contribution in [2.45, 2.75) is 57.3 Å². The zero-order valence-corrected chi connectivity index (χ0v) is 19.3. The maximum atomic E-state index is 14.8. The number of rotatable bonds is 5. The SMILES string of the molecule is COc1cccc(C(=O)NC2(C(F)(F)F)C(=O)N(CC3CCCO3)C3=C2C(=O)CC(C)(C)C3)c1. The van der Waals surface area contributed by atoms with Gasteiger partial charge < -0.3 is 19.7 Å². The van der Waals surface area contributed by atoms with Crippen LogP contribution in [0.5, 0.6) is 5.75 Å². The first-order valence-corrected chi connectivity index (χ1v) is 11.1. The minimum absolute atomic E-state index is 0.0185. The van der Waals surface area contributed by atoms with E-state index in [0.717, 1.165) is 11.3 Å². The Balaban J connectivity index is 1.83. The Morgan fingerprint density at radius 2 is 2.00 bits per heavy atom. The third-order valence-corrected chi connectivity index (χ3v) is 6.59. The Hall–Kier alpha value is -2.88. The van der Waals surface area contributed by atoms with Gasteiger partial charge in [0.1, 0.15) is 5.75 Å². The van der Waals surface area contributed by atoms with Crippen molar-refractivity contribution in [3.8, 4) is 5.75 Å². The molecule has 0 spiro atoms. The molecule has 0 saturated carbocycles. The van der Waals surface area contributed by atoms with Crippen LogP contribution in [0.25, 0.3) is 0 Å². The maximum absolute atomic E-state index is 14.8. The number of allylic oxidation sites excluding steroid dienone is 1. The van der Waals surface area contributed by atoms with Crippen LogP contribution in [0.3, 0.4) is 0 Å². The van der Waals surface area contributed by atoms with E-state index in [1.54, 1.807) is 13.8 Å². The Bertz CT molecular complexity index is 1060. The van der Waals surface area contributed by atoms with E-state index in [9.17, 15) is 27.6 Å². The van der Waals surface area contributed by atoms with Crippen molar-refractivity contribution < 1.29 is 37.0 Å². The first-order chi connectivity index (χ1) is 15.9. The third-order valence-electron chi connectivity index (χ3n) is 6.59. The summed E-state index contributed by atoms with van der Waals surface area (Å²) < 4.78 is 55.0. The van der Waals surface area contributed by atoms with Crippen LogP contribution in [0.2, 0.25) is 0 Å². The highest BCUT2D eigenvalue weighted by Gasteiger charge is 2.71. The van der Waals surface area contributed by atoms with Crippen LogP contribution in [-0.4, -0.2) is 60.6 Å². The molecule has 2 unspecified atom stereocenters. The average Bonchev–Trinajstić information content (AvgIpc) is 3.34. The summed E-state index contributed by atoms with van der Waals surface area (Å²) in [7, 11) is 1.36. The summed E-state index contributed by atoms with van der Waals surface area (Å²) in [5.74, 6) is -3.03. The number of benzene rings is 1. The summed E-state index contributed by atoms with van der Waals surface area (Å²) in [6.07, 6.45) is -4.42. The molecule has 1 saturated heterocycles. The lowest BCUT2D eigenvalue weighted by atomic mass is 9.72. The number of carbonyl (C=O) groups is 3. The molecule has 34 heavy (non-hydrogen) atoms. The van der Waals surface area contributed by atoms with E-state index in [-0.39, 0.29) is 36.4 Å². The molecule has 1 aromatic carbocycles. The summed E-state index contributed by atoms with van der Waals surface area (Å²) in [5, 5.41) is 1.93. The normalized spacial score (nSPS) is 26.6. The molecule has 0 bridgehead atoms. The lowest BCUT2D eigenvalue weighted by molar-refractivity contribution is -0.191. The zero-order chi connectivity index (χ0) is 24.9. The third kappa shape index (κ3) is 3.97. The quantitative estimate of drug-likeness (QED) is 0.699. The van der Waals surface area contributed by atoms with Crippen molar-refractivity contribution in [2.75, 3.05) is 20.3 Å². The molecule has 2 amide bonds. The van der Waals surface area contributed by atoms with Gasteiger partial charge >= 0.3 is 6.18 Å². The van der Waals surface area contributed by atoms with E-state index < -0.39 is 46.4 Å². The summed E-state index contributed by atoms with van der Waals surface area (Å²) in [6.45, 7) is 3.89. The topological polar surface area (TPSA) is 84.9 Å². The number of hydrogen-bond donors (Lipinski definition) is 1. The fourth-order valence-corrected chi connectivity index (χ4v) is 5.02. The number of hydrogen-bond acceptors (Lipinski definition) is 5. The molecular weight excluding hydrogens is 453 g/mol. The standard InChI is InChI=1S/C24H27F3N2O5/c1-22(2)11-17-19(18(30)12-22)23(24(25,26)27,21(32)29(17)13-16-8-5-9-34-16)28-20(31)14-6-4-7-15(10-14)33-3/h4,6-7,10,16H,5,8-9,11-13H2,1-3H3,(H,28,31). The van der Waals surface area contributed by atoms with E-state index >= 15 is 0 Å². The molecule has 2 aliphatic heterocycles. The number of ether oxygens (including phenoxy) is 2. The Kier molecular flexibility index (Phi) is 6.00. The van der Waals surface area contributed by atoms with Crippen LogP contribution < -0.4 is 10.1 Å². The molecule has 4 rings (SSSR count). The minimum atomic E-state index is -5.25. The van der Waals surface area contributed by atoms with E-state index in [4.69, 9.17) is 9.47 Å². The van der Waals surface area contributed by atoms with Crippen LogP contribution >= 0.6 is 0 Å².